The van der Waals surface area contributed by atoms with Crippen LogP contribution in [0.1, 0.15) is 23.6 Å². The number of carbonyl (C=O) groups excluding carboxylic acids is 2. The lowest BCUT2D eigenvalue weighted by atomic mass is 9.89. The molecule has 0 aliphatic carbocycles. The minimum atomic E-state index is -0.341. The molecule has 0 unspecified atom stereocenters. The number of aliphatic hydroxyl groups is 1. The van der Waals surface area contributed by atoms with Gasteiger partial charge in [-0.15, -0.1) is 0 Å². The predicted molar refractivity (Wildman–Crippen MR) is 106 cm³/mol. The first-order valence-corrected chi connectivity index (χ1v) is 10.0. The molecule has 2 aromatic carbocycles. The van der Waals surface area contributed by atoms with Gasteiger partial charge >= 0.3 is 0 Å². The van der Waals surface area contributed by atoms with E-state index in [1.54, 1.807) is 12.1 Å². The Morgan fingerprint density at radius 3 is 2.52 bits per heavy atom. The molecule has 29 heavy (non-hydrogen) atoms. The maximum Gasteiger partial charge on any atom is 0.227 e. The SMILES string of the molecule is O=C(CCO)N1C[C@H]2CN(C(=O)Cc3cccc(F)c3)[C@H](c3ccccc3)[C@H]2C1. The van der Waals surface area contributed by atoms with Crippen molar-refractivity contribution in [2.24, 2.45) is 11.8 Å². The normalized spacial score (nSPS) is 23.3. The van der Waals surface area contributed by atoms with Crippen molar-refractivity contribution < 1.29 is 19.1 Å². The molecule has 2 saturated heterocycles. The zero-order valence-corrected chi connectivity index (χ0v) is 16.2. The van der Waals surface area contributed by atoms with E-state index in [-0.39, 0.29) is 55.0 Å². The molecule has 6 heteroatoms. The summed E-state index contributed by atoms with van der Waals surface area (Å²) < 4.78 is 13.5. The molecule has 2 amide bonds. The van der Waals surface area contributed by atoms with Crippen LogP contribution in [0.25, 0.3) is 0 Å². The second-order valence-corrected chi connectivity index (χ2v) is 7.90. The highest BCUT2D eigenvalue weighted by Gasteiger charge is 2.49. The fraction of sp³-hybridized carbons (Fsp3) is 0.391. The summed E-state index contributed by atoms with van der Waals surface area (Å²) >= 11 is 0. The number of likely N-dealkylation sites (tertiary alicyclic amines) is 2. The number of carbonyl (C=O) groups is 2. The number of nitrogens with zero attached hydrogens (tertiary/aromatic N) is 2. The Balaban J connectivity index is 1.56. The van der Waals surface area contributed by atoms with Crippen molar-refractivity contribution in [1.29, 1.82) is 0 Å². The van der Waals surface area contributed by atoms with Crippen LogP contribution in [0.3, 0.4) is 0 Å². The maximum atomic E-state index is 13.5. The van der Waals surface area contributed by atoms with Crippen molar-refractivity contribution in [3.05, 3.63) is 71.5 Å². The first kappa shape index (κ1) is 19.6. The second kappa shape index (κ2) is 8.33. The summed E-state index contributed by atoms with van der Waals surface area (Å²) in [5, 5.41) is 9.08. The highest BCUT2D eigenvalue weighted by atomic mass is 19.1. The van der Waals surface area contributed by atoms with E-state index in [4.69, 9.17) is 5.11 Å². The number of aliphatic hydroxyl groups excluding tert-OH is 1. The van der Waals surface area contributed by atoms with Crippen molar-refractivity contribution >= 4 is 11.8 Å². The van der Waals surface area contributed by atoms with Gasteiger partial charge in [0.2, 0.25) is 11.8 Å². The molecule has 5 nitrogen and oxygen atoms in total. The van der Waals surface area contributed by atoms with Gasteiger partial charge in [0.05, 0.1) is 19.1 Å². The van der Waals surface area contributed by atoms with E-state index in [0.29, 0.717) is 25.2 Å². The smallest absolute Gasteiger partial charge is 0.227 e. The zero-order valence-electron chi connectivity index (χ0n) is 16.2. The van der Waals surface area contributed by atoms with Gasteiger partial charge < -0.3 is 14.9 Å². The number of rotatable bonds is 5. The van der Waals surface area contributed by atoms with Gasteiger partial charge in [0.15, 0.2) is 0 Å². The molecular formula is C23H25FN2O3. The van der Waals surface area contributed by atoms with Gasteiger partial charge in [-0.25, -0.2) is 4.39 Å². The number of halogens is 1. The molecule has 2 fully saturated rings. The molecule has 0 aromatic heterocycles. The summed E-state index contributed by atoms with van der Waals surface area (Å²) in [4.78, 5) is 29.1. The van der Waals surface area contributed by atoms with E-state index >= 15 is 0 Å². The fourth-order valence-electron chi connectivity index (χ4n) is 4.76. The second-order valence-electron chi connectivity index (χ2n) is 7.90. The quantitative estimate of drug-likeness (QED) is 0.844. The minimum Gasteiger partial charge on any atom is -0.396 e. The lowest BCUT2D eigenvalue weighted by molar-refractivity contribution is -0.133. The van der Waals surface area contributed by atoms with E-state index < -0.39 is 0 Å². The highest BCUT2D eigenvalue weighted by molar-refractivity contribution is 5.80. The molecular weight excluding hydrogens is 371 g/mol. The molecule has 0 bridgehead atoms. The predicted octanol–water partition coefficient (Wildman–Crippen LogP) is 2.41. The van der Waals surface area contributed by atoms with Crippen LogP contribution in [0.15, 0.2) is 54.6 Å². The summed E-state index contributed by atoms with van der Waals surface area (Å²) in [6.45, 7) is 1.63. The van der Waals surface area contributed by atoms with Gasteiger partial charge in [-0.2, -0.15) is 0 Å². The van der Waals surface area contributed by atoms with Crippen molar-refractivity contribution in [2.75, 3.05) is 26.2 Å². The Hall–Kier alpha value is -2.73. The van der Waals surface area contributed by atoms with Crippen molar-refractivity contribution in [1.82, 2.24) is 9.80 Å². The van der Waals surface area contributed by atoms with Gasteiger partial charge in [0.1, 0.15) is 5.82 Å². The minimum absolute atomic E-state index is 0.0212. The fourth-order valence-corrected chi connectivity index (χ4v) is 4.76. The number of amides is 2. The number of hydrogen-bond acceptors (Lipinski definition) is 3. The molecule has 2 aromatic rings. The Bertz CT molecular complexity index is 889. The zero-order chi connectivity index (χ0) is 20.4. The van der Waals surface area contributed by atoms with Crippen molar-refractivity contribution in [3.8, 4) is 0 Å². The average molecular weight is 396 g/mol. The molecule has 3 atom stereocenters. The third-order valence-corrected chi connectivity index (χ3v) is 6.05. The van der Waals surface area contributed by atoms with Crippen LogP contribution in [0.4, 0.5) is 4.39 Å². The lowest BCUT2D eigenvalue weighted by Crippen LogP contribution is -2.38. The molecule has 2 heterocycles. The molecule has 2 aliphatic heterocycles. The van der Waals surface area contributed by atoms with Gasteiger partial charge in [-0.05, 0) is 23.3 Å². The van der Waals surface area contributed by atoms with Gasteiger partial charge in [-0.1, -0.05) is 42.5 Å². The van der Waals surface area contributed by atoms with E-state index in [2.05, 4.69) is 0 Å². The number of fused-ring (bicyclic) bond motifs is 1. The summed E-state index contributed by atoms with van der Waals surface area (Å²) in [6, 6.07) is 16.0. The number of benzene rings is 2. The Kier molecular flexibility index (Phi) is 5.62. The van der Waals surface area contributed by atoms with E-state index in [1.807, 2.05) is 40.1 Å². The summed E-state index contributed by atoms with van der Waals surface area (Å²) in [5.74, 6) is -0.0273. The lowest BCUT2D eigenvalue weighted by Gasteiger charge is -2.30. The average Bonchev–Trinajstić information content (AvgIpc) is 3.27. The van der Waals surface area contributed by atoms with Crippen molar-refractivity contribution in [3.63, 3.8) is 0 Å². The molecule has 0 spiro atoms. The monoisotopic (exact) mass is 396 g/mol. The third-order valence-electron chi connectivity index (χ3n) is 6.05. The maximum absolute atomic E-state index is 13.5. The van der Waals surface area contributed by atoms with Crippen LogP contribution in [-0.4, -0.2) is 53.0 Å². The Morgan fingerprint density at radius 1 is 1.00 bits per heavy atom. The third kappa shape index (κ3) is 4.03. The topological polar surface area (TPSA) is 60.9 Å². The van der Waals surface area contributed by atoms with Crippen molar-refractivity contribution in [2.45, 2.75) is 18.9 Å². The molecule has 0 radical (unpaired) electrons. The van der Waals surface area contributed by atoms with E-state index in [9.17, 15) is 14.0 Å². The molecule has 2 aliphatic rings. The van der Waals surface area contributed by atoms with Crippen LogP contribution in [0.2, 0.25) is 0 Å². The number of hydrogen-bond donors (Lipinski definition) is 1. The van der Waals surface area contributed by atoms with Crippen LogP contribution in [0.5, 0.6) is 0 Å². The van der Waals surface area contributed by atoms with Crippen LogP contribution in [-0.2, 0) is 16.0 Å². The molecule has 1 N–H and O–H groups in total. The largest absolute Gasteiger partial charge is 0.396 e. The Labute approximate surface area is 169 Å². The van der Waals surface area contributed by atoms with Gasteiger partial charge in [0.25, 0.3) is 0 Å². The summed E-state index contributed by atoms with van der Waals surface area (Å²) in [6.07, 6.45) is 0.297. The van der Waals surface area contributed by atoms with Crippen LogP contribution < -0.4 is 0 Å². The van der Waals surface area contributed by atoms with Crippen LogP contribution >= 0.6 is 0 Å². The summed E-state index contributed by atoms with van der Waals surface area (Å²) in [7, 11) is 0. The first-order valence-electron chi connectivity index (χ1n) is 10.0. The van der Waals surface area contributed by atoms with Gasteiger partial charge in [-0.3, -0.25) is 9.59 Å². The highest BCUT2D eigenvalue weighted by Crippen LogP contribution is 2.45. The van der Waals surface area contributed by atoms with E-state index in [0.717, 1.165) is 5.56 Å². The van der Waals surface area contributed by atoms with E-state index in [1.165, 1.54) is 12.1 Å². The van der Waals surface area contributed by atoms with Crippen LogP contribution in [0, 0.1) is 17.7 Å². The van der Waals surface area contributed by atoms with Gasteiger partial charge in [0, 0.05) is 37.9 Å². The Morgan fingerprint density at radius 2 is 1.79 bits per heavy atom. The summed E-state index contributed by atoms with van der Waals surface area (Å²) in [5.41, 5.74) is 1.72. The first-order chi connectivity index (χ1) is 14.1. The molecule has 0 saturated carbocycles. The molecule has 4 rings (SSSR count). The standard InChI is InChI=1S/C23H25FN2O3/c24-19-8-4-5-16(11-19)12-22(29)26-14-18-13-25(21(28)9-10-27)15-20(18)23(26)17-6-2-1-3-7-17/h1-8,11,18,20,23,27H,9-10,12-15H2/t18-,20-,23+/m0/s1. The molecule has 152 valence electrons.